The first-order valence-electron chi connectivity index (χ1n) is 10.9. The van der Waals surface area contributed by atoms with Crippen molar-refractivity contribution in [1.82, 2.24) is 19.8 Å². The molecule has 0 aliphatic carbocycles. The Labute approximate surface area is 193 Å². The van der Waals surface area contributed by atoms with Crippen molar-refractivity contribution < 1.29 is 14.3 Å². The van der Waals surface area contributed by atoms with Crippen LogP contribution in [-0.2, 0) is 14.3 Å². The quantitative estimate of drug-likeness (QED) is 0.638. The number of rotatable bonds is 5. The molecule has 2 aliphatic rings. The van der Waals surface area contributed by atoms with Gasteiger partial charge in [0.2, 0.25) is 5.91 Å². The second-order valence-corrected chi connectivity index (χ2v) is 8.62. The second-order valence-electron chi connectivity index (χ2n) is 8.19. The average Bonchev–Trinajstić information content (AvgIpc) is 2.86. The molecule has 2 aromatic rings. The molecule has 3 heterocycles. The maximum atomic E-state index is 13.2. The number of carbonyl (C=O) groups excluding carboxylic acids is 2. The topological polar surface area (TPSA) is 78.9 Å². The van der Waals surface area contributed by atoms with Crippen molar-refractivity contribution in [2.45, 2.75) is 18.9 Å². The first-order valence-corrected chi connectivity index (χ1v) is 11.3. The van der Waals surface area contributed by atoms with Crippen molar-refractivity contribution in [2.24, 2.45) is 5.92 Å². The molecular formula is C23H28ClN5O3. The fraction of sp³-hybridized carbons (Fsp3) is 0.478. The Morgan fingerprint density at radius 3 is 2.50 bits per heavy atom. The SMILES string of the molecule is COC(=O)C(c1ccc(Cl)cc1)N1CCN(C(=O)C2CCCN(c3cnccn3)C2)CC1. The van der Waals surface area contributed by atoms with E-state index in [0.29, 0.717) is 37.7 Å². The Balaban J connectivity index is 1.38. The minimum atomic E-state index is -0.503. The Bertz CT molecular complexity index is 919. The van der Waals surface area contributed by atoms with Gasteiger partial charge in [0.15, 0.2) is 0 Å². The van der Waals surface area contributed by atoms with E-state index in [0.717, 1.165) is 30.8 Å². The van der Waals surface area contributed by atoms with E-state index in [9.17, 15) is 9.59 Å². The number of ether oxygens (including phenoxy) is 1. The predicted molar refractivity (Wildman–Crippen MR) is 121 cm³/mol. The highest BCUT2D eigenvalue weighted by Gasteiger charge is 2.35. The molecule has 0 radical (unpaired) electrons. The molecule has 1 amide bonds. The molecule has 2 fully saturated rings. The van der Waals surface area contributed by atoms with Gasteiger partial charge in [-0.2, -0.15) is 0 Å². The summed E-state index contributed by atoms with van der Waals surface area (Å²) >= 11 is 6.01. The van der Waals surface area contributed by atoms with Gasteiger partial charge in [-0.15, -0.1) is 0 Å². The number of nitrogens with zero attached hydrogens (tertiary/aromatic N) is 5. The highest BCUT2D eigenvalue weighted by molar-refractivity contribution is 6.30. The van der Waals surface area contributed by atoms with Crippen LogP contribution in [0.1, 0.15) is 24.4 Å². The number of anilines is 1. The molecule has 1 aromatic heterocycles. The lowest BCUT2D eigenvalue weighted by Crippen LogP contribution is -2.54. The molecular weight excluding hydrogens is 430 g/mol. The molecule has 9 heteroatoms. The summed E-state index contributed by atoms with van der Waals surface area (Å²) in [6, 6.07) is 6.75. The fourth-order valence-electron chi connectivity index (χ4n) is 4.55. The van der Waals surface area contributed by atoms with Gasteiger partial charge in [0, 0.05) is 56.7 Å². The molecule has 170 valence electrons. The van der Waals surface area contributed by atoms with Crippen LogP contribution in [0.3, 0.4) is 0 Å². The number of carbonyl (C=O) groups is 2. The number of amides is 1. The molecule has 0 saturated carbocycles. The zero-order valence-corrected chi connectivity index (χ0v) is 18.9. The summed E-state index contributed by atoms with van der Waals surface area (Å²) in [5.74, 6) is 0.641. The van der Waals surface area contributed by atoms with Gasteiger partial charge in [-0.05, 0) is 30.5 Å². The molecule has 4 rings (SSSR count). The largest absolute Gasteiger partial charge is 0.468 e. The molecule has 0 spiro atoms. The van der Waals surface area contributed by atoms with Crippen LogP contribution in [0, 0.1) is 5.92 Å². The first kappa shape index (κ1) is 22.5. The number of methoxy groups -OCH3 is 1. The third kappa shape index (κ3) is 5.02. The zero-order chi connectivity index (χ0) is 22.5. The van der Waals surface area contributed by atoms with Crippen LogP contribution in [0.15, 0.2) is 42.9 Å². The zero-order valence-electron chi connectivity index (χ0n) is 18.2. The van der Waals surface area contributed by atoms with Crippen molar-refractivity contribution in [3.63, 3.8) is 0 Å². The lowest BCUT2D eigenvalue weighted by Gasteiger charge is -2.41. The number of hydrogen-bond donors (Lipinski definition) is 0. The van der Waals surface area contributed by atoms with E-state index in [1.165, 1.54) is 7.11 Å². The summed E-state index contributed by atoms with van der Waals surface area (Å²) < 4.78 is 5.06. The summed E-state index contributed by atoms with van der Waals surface area (Å²) in [4.78, 5) is 40.4. The van der Waals surface area contributed by atoms with Crippen molar-refractivity contribution in [2.75, 3.05) is 51.3 Å². The third-order valence-electron chi connectivity index (χ3n) is 6.25. The molecule has 32 heavy (non-hydrogen) atoms. The van der Waals surface area contributed by atoms with Gasteiger partial charge >= 0.3 is 5.97 Å². The Kier molecular flexibility index (Phi) is 7.22. The van der Waals surface area contributed by atoms with E-state index in [-0.39, 0.29) is 17.8 Å². The molecule has 1 aromatic carbocycles. The van der Waals surface area contributed by atoms with Crippen LogP contribution in [0.5, 0.6) is 0 Å². The van der Waals surface area contributed by atoms with Gasteiger partial charge in [0.05, 0.1) is 19.2 Å². The van der Waals surface area contributed by atoms with Crippen LogP contribution >= 0.6 is 11.6 Å². The van der Waals surface area contributed by atoms with Gasteiger partial charge in [0.1, 0.15) is 11.9 Å². The van der Waals surface area contributed by atoms with Crippen molar-refractivity contribution in [3.8, 4) is 0 Å². The van der Waals surface area contributed by atoms with E-state index in [2.05, 4.69) is 19.8 Å². The van der Waals surface area contributed by atoms with Gasteiger partial charge in [0.25, 0.3) is 0 Å². The number of piperidine rings is 1. The number of benzene rings is 1. The van der Waals surface area contributed by atoms with E-state index in [1.54, 1.807) is 30.7 Å². The predicted octanol–water partition coefficient (Wildman–Crippen LogP) is 2.40. The number of esters is 1. The highest BCUT2D eigenvalue weighted by atomic mass is 35.5. The normalized spacial score (nSPS) is 20.6. The summed E-state index contributed by atoms with van der Waals surface area (Å²) in [6.07, 6.45) is 6.91. The van der Waals surface area contributed by atoms with E-state index in [1.807, 2.05) is 17.0 Å². The maximum absolute atomic E-state index is 13.2. The third-order valence-corrected chi connectivity index (χ3v) is 6.50. The minimum Gasteiger partial charge on any atom is -0.468 e. The standard InChI is InChI=1S/C23H28ClN5O3/c1-32-23(31)21(17-4-6-19(24)7-5-17)27-11-13-28(14-12-27)22(30)18-3-2-10-29(16-18)20-15-25-8-9-26-20/h4-9,15,18,21H,2-3,10-14,16H2,1H3. The molecule has 0 N–H and O–H groups in total. The molecule has 2 unspecified atom stereocenters. The fourth-order valence-corrected chi connectivity index (χ4v) is 4.68. The van der Waals surface area contributed by atoms with Crippen LogP contribution in [-0.4, -0.2) is 78.0 Å². The average molecular weight is 458 g/mol. The lowest BCUT2D eigenvalue weighted by atomic mass is 9.96. The highest BCUT2D eigenvalue weighted by Crippen LogP contribution is 2.27. The number of piperazine rings is 1. The summed E-state index contributed by atoms with van der Waals surface area (Å²) in [5, 5.41) is 0.621. The van der Waals surface area contributed by atoms with Gasteiger partial charge in [-0.3, -0.25) is 14.7 Å². The Hall–Kier alpha value is -2.71. The van der Waals surface area contributed by atoms with Gasteiger partial charge < -0.3 is 14.5 Å². The summed E-state index contributed by atoms with van der Waals surface area (Å²) in [5.41, 5.74) is 0.841. The monoisotopic (exact) mass is 457 g/mol. The summed E-state index contributed by atoms with van der Waals surface area (Å²) in [7, 11) is 1.40. The number of halogens is 1. The van der Waals surface area contributed by atoms with Gasteiger partial charge in [-0.25, -0.2) is 9.78 Å². The molecule has 2 saturated heterocycles. The van der Waals surface area contributed by atoms with Crippen molar-refractivity contribution >= 4 is 29.3 Å². The first-order chi connectivity index (χ1) is 15.6. The molecule has 0 bridgehead atoms. The molecule has 2 atom stereocenters. The Morgan fingerprint density at radius 1 is 1.09 bits per heavy atom. The number of hydrogen-bond acceptors (Lipinski definition) is 7. The van der Waals surface area contributed by atoms with Crippen LogP contribution in [0.4, 0.5) is 5.82 Å². The van der Waals surface area contributed by atoms with Crippen LogP contribution < -0.4 is 4.90 Å². The molecule has 2 aliphatic heterocycles. The second kappa shape index (κ2) is 10.3. The van der Waals surface area contributed by atoms with Crippen LogP contribution in [0.25, 0.3) is 0 Å². The van der Waals surface area contributed by atoms with Crippen molar-refractivity contribution in [3.05, 3.63) is 53.4 Å². The Morgan fingerprint density at radius 2 is 1.84 bits per heavy atom. The van der Waals surface area contributed by atoms with E-state index < -0.39 is 6.04 Å². The van der Waals surface area contributed by atoms with Gasteiger partial charge in [-0.1, -0.05) is 23.7 Å². The van der Waals surface area contributed by atoms with E-state index >= 15 is 0 Å². The smallest absolute Gasteiger partial charge is 0.327 e. The van der Waals surface area contributed by atoms with Crippen molar-refractivity contribution in [1.29, 1.82) is 0 Å². The molecule has 8 nitrogen and oxygen atoms in total. The lowest BCUT2D eigenvalue weighted by molar-refractivity contribution is -0.149. The maximum Gasteiger partial charge on any atom is 0.327 e. The number of aromatic nitrogens is 2. The van der Waals surface area contributed by atoms with Crippen LogP contribution in [0.2, 0.25) is 5.02 Å². The summed E-state index contributed by atoms with van der Waals surface area (Å²) in [6.45, 7) is 3.93. The minimum absolute atomic E-state index is 0.0509. The van der Waals surface area contributed by atoms with E-state index in [4.69, 9.17) is 16.3 Å².